The number of methoxy groups -OCH3 is 1. The predicted molar refractivity (Wildman–Crippen MR) is 56.2 cm³/mol. The number of aromatic nitrogens is 1. The van der Waals surface area contributed by atoms with Crippen molar-refractivity contribution < 1.29 is 13.5 Å². The molecule has 1 aromatic heterocycles. The molecule has 1 aromatic rings. The Morgan fingerprint density at radius 3 is 2.69 bits per heavy atom. The van der Waals surface area contributed by atoms with Crippen molar-refractivity contribution in [3.63, 3.8) is 0 Å². The molecule has 0 aliphatic heterocycles. The van der Waals surface area contributed by atoms with Gasteiger partial charge in [-0.15, -0.1) is 0 Å². The summed E-state index contributed by atoms with van der Waals surface area (Å²) in [7, 11) is 1.40. The average Bonchev–Trinajstić information content (AvgIpc) is 2.08. The number of nitrogens with zero attached hydrogens (tertiary/aromatic N) is 1. The minimum Gasteiger partial charge on any atom is -0.480 e. The van der Waals surface area contributed by atoms with Gasteiger partial charge in [-0.2, -0.15) is 0 Å². The summed E-state index contributed by atoms with van der Waals surface area (Å²) in [6, 6.07) is 1.29. The van der Waals surface area contributed by atoms with E-state index in [9.17, 15) is 8.78 Å². The molecule has 0 unspecified atom stereocenters. The maximum absolute atomic E-state index is 12.4. The van der Waals surface area contributed by atoms with Crippen LogP contribution >= 0.6 is 38.5 Å². The summed E-state index contributed by atoms with van der Waals surface area (Å²) in [5, 5.41) is 0. The first-order valence-corrected chi connectivity index (χ1v) is 5.11. The Balaban J connectivity index is 3.27. The van der Waals surface area contributed by atoms with E-state index < -0.39 is 6.43 Å². The summed E-state index contributed by atoms with van der Waals surface area (Å²) >= 11 is 4.81. The fourth-order valence-corrected chi connectivity index (χ4v) is 1.93. The number of rotatable bonds is 2. The van der Waals surface area contributed by atoms with Gasteiger partial charge in [-0.3, -0.25) is 0 Å². The van der Waals surface area contributed by atoms with Gasteiger partial charge in [0.25, 0.3) is 6.43 Å². The summed E-state index contributed by atoms with van der Waals surface area (Å²) in [5.74, 6) is 0.213. The molecule has 0 fully saturated rings. The second-order valence-electron chi connectivity index (χ2n) is 2.16. The molecule has 0 aliphatic carbocycles. The first-order chi connectivity index (χ1) is 6.06. The lowest BCUT2D eigenvalue weighted by Gasteiger charge is -2.07. The summed E-state index contributed by atoms with van der Waals surface area (Å²) in [5.41, 5.74) is -0.0701. The number of hydrogen-bond acceptors (Lipinski definition) is 2. The molecule has 0 aromatic carbocycles. The van der Waals surface area contributed by atoms with Gasteiger partial charge in [-0.1, -0.05) is 0 Å². The van der Waals surface area contributed by atoms with Gasteiger partial charge in [0, 0.05) is 5.56 Å². The highest BCUT2D eigenvalue weighted by atomic mass is 127. The van der Waals surface area contributed by atoms with E-state index in [4.69, 9.17) is 4.74 Å². The summed E-state index contributed by atoms with van der Waals surface area (Å²) < 4.78 is 30.4. The third kappa shape index (κ3) is 2.49. The van der Waals surface area contributed by atoms with E-state index in [2.05, 4.69) is 20.9 Å². The standard InChI is InChI=1S/C7H5BrF2INO/c1-13-7-5(11)3(6(9)10)2-4(8)12-7/h2,6H,1H3. The van der Waals surface area contributed by atoms with Gasteiger partial charge in [0.2, 0.25) is 5.88 Å². The number of ether oxygens (including phenoxy) is 1. The van der Waals surface area contributed by atoms with E-state index in [0.29, 0.717) is 8.17 Å². The molecular weight excluding hydrogens is 359 g/mol. The Hall–Kier alpha value is 0.0200. The number of halogens is 4. The fourth-order valence-electron chi connectivity index (χ4n) is 0.788. The molecule has 0 aliphatic rings. The fraction of sp³-hybridized carbons (Fsp3) is 0.286. The van der Waals surface area contributed by atoms with Gasteiger partial charge in [-0.25, -0.2) is 13.8 Å². The van der Waals surface area contributed by atoms with Gasteiger partial charge < -0.3 is 4.74 Å². The molecule has 0 bridgehead atoms. The Morgan fingerprint density at radius 2 is 2.23 bits per heavy atom. The van der Waals surface area contributed by atoms with E-state index in [-0.39, 0.29) is 11.4 Å². The van der Waals surface area contributed by atoms with E-state index in [1.54, 1.807) is 22.6 Å². The van der Waals surface area contributed by atoms with Crippen LogP contribution in [0.3, 0.4) is 0 Å². The van der Waals surface area contributed by atoms with Crippen molar-refractivity contribution in [2.24, 2.45) is 0 Å². The molecule has 1 rings (SSSR count). The summed E-state index contributed by atoms with van der Waals surface area (Å²) in [4.78, 5) is 3.89. The van der Waals surface area contributed by atoms with Gasteiger partial charge in [0.1, 0.15) is 4.60 Å². The maximum Gasteiger partial charge on any atom is 0.265 e. The highest BCUT2D eigenvalue weighted by molar-refractivity contribution is 14.1. The van der Waals surface area contributed by atoms with Crippen molar-refractivity contribution in [1.82, 2.24) is 4.98 Å². The van der Waals surface area contributed by atoms with Crippen LogP contribution in [0.5, 0.6) is 5.88 Å². The summed E-state index contributed by atoms with van der Waals surface area (Å²) in [6.07, 6.45) is -2.51. The zero-order valence-electron chi connectivity index (χ0n) is 6.52. The van der Waals surface area contributed by atoms with Crippen LogP contribution in [-0.4, -0.2) is 12.1 Å². The maximum atomic E-state index is 12.4. The molecule has 0 spiro atoms. The lowest BCUT2D eigenvalue weighted by molar-refractivity contribution is 0.149. The van der Waals surface area contributed by atoms with Crippen LogP contribution < -0.4 is 4.74 Å². The predicted octanol–water partition coefficient (Wildman–Crippen LogP) is 3.39. The Kier molecular flexibility index (Phi) is 3.84. The van der Waals surface area contributed by atoms with Gasteiger partial charge in [0.05, 0.1) is 10.7 Å². The van der Waals surface area contributed by atoms with Gasteiger partial charge in [-0.05, 0) is 44.6 Å². The molecule has 0 atom stereocenters. The average molecular weight is 364 g/mol. The first kappa shape index (κ1) is 11.1. The van der Waals surface area contributed by atoms with E-state index in [0.717, 1.165) is 0 Å². The van der Waals surface area contributed by atoms with Crippen LogP contribution in [0, 0.1) is 3.57 Å². The van der Waals surface area contributed by atoms with Crippen molar-refractivity contribution in [2.45, 2.75) is 6.43 Å². The molecule has 13 heavy (non-hydrogen) atoms. The zero-order chi connectivity index (χ0) is 10.0. The van der Waals surface area contributed by atoms with Crippen molar-refractivity contribution in [3.8, 4) is 5.88 Å². The van der Waals surface area contributed by atoms with Crippen LogP contribution in [0.4, 0.5) is 8.78 Å². The van der Waals surface area contributed by atoms with Crippen LogP contribution in [0.15, 0.2) is 10.7 Å². The monoisotopic (exact) mass is 363 g/mol. The van der Waals surface area contributed by atoms with Crippen LogP contribution in [0.1, 0.15) is 12.0 Å². The first-order valence-electron chi connectivity index (χ1n) is 3.24. The third-order valence-electron chi connectivity index (χ3n) is 1.35. The molecule has 72 valence electrons. The zero-order valence-corrected chi connectivity index (χ0v) is 10.3. The van der Waals surface area contributed by atoms with Crippen molar-refractivity contribution >= 4 is 38.5 Å². The third-order valence-corrected chi connectivity index (χ3v) is 2.84. The van der Waals surface area contributed by atoms with E-state index in [1.807, 2.05) is 0 Å². The Bertz CT molecular complexity index is 322. The molecule has 0 N–H and O–H groups in total. The van der Waals surface area contributed by atoms with Gasteiger partial charge >= 0.3 is 0 Å². The molecule has 1 heterocycles. The minimum absolute atomic E-state index is 0.0701. The smallest absolute Gasteiger partial charge is 0.265 e. The molecule has 2 nitrogen and oxygen atoms in total. The minimum atomic E-state index is -2.51. The van der Waals surface area contributed by atoms with E-state index in [1.165, 1.54) is 13.2 Å². The highest BCUT2D eigenvalue weighted by Crippen LogP contribution is 2.31. The molecule has 0 amide bonds. The lowest BCUT2D eigenvalue weighted by Crippen LogP contribution is -1.97. The second kappa shape index (κ2) is 4.50. The SMILES string of the molecule is COc1nc(Br)cc(C(F)F)c1I. The highest BCUT2D eigenvalue weighted by Gasteiger charge is 2.17. The van der Waals surface area contributed by atoms with E-state index >= 15 is 0 Å². The van der Waals surface area contributed by atoms with Crippen LogP contribution in [-0.2, 0) is 0 Å². The second-order valence-corrected chi connectivity index (χ2v) is 4.05. The molecule has 0 saturated carbocycles. The topological polar surface area (TPSA) is 22.1 Å². The quantitative estimate of drug-likeness (QED) is 0.593. The Labute approximate surface area is 96.0 Å². The van der Waals surface area contributed by atoms with Crippen molar-refractivity contribution in [2.75, 3.05) is 7.11 Å². The molecule has 6 heteroatoms. The Morgan fingerprint density at radius 1 is 1.62 bits per heavy atom. The number of alkyl halides is 2. The molecule has 0 radical (unpaired) electrons. The number of pyridine rings is 1. The summed E-state index contributed by atoms with van der Waals surface area (Å²) in [6.45, 7) is 0. The normalized spacial score (nSPS) is 10.6. The van der Waals surface area contributed by atoms with Crippen LogP contribution in [0.2, 0.25) is 0 Å². The van der Waals surface area contributed by atoms with Crippen molar-refractivity contribution in [3.05, 3.63) is 19.8 Å². The largest absolute Gasteiger partial charge is 0.480 e. The molecular formula is C7H5BrF2INO. The lowest BCUT2D eigenvalue weighted by atomic mass is 10.3. The van der Waals surface area contributed by atoms with Crippen LogP contribution in [0.25, 0.3) is 0 Å². The number of hydrogen-bond donors (Lipinski definition) is 0. The van der Waals surface area contributed by atoms with Gasteiger partial charge in [0.15, 0.2) is 0 Å². The van der Waals surface area contributed by atoms with Crippen molar-refractivity contribution in [1.29, 1.82) is 0 Å². The molecule has 0 saturated heterocycles.